The SMILES string of the molecule is CC(C)S(=O)(=O)CCNCCC(=O)N1CCCCC1. The van der Waals surface area contributed by atoms with Crippen LogP contribution in [0.15, 0.2) is 0 Å². The topological polar surface area (TPSA) is 66.5 Å². The van der Waals surface area contributed by atoms with Crippen molar-refractivity contribution in [1.29, 1.82) is 0 Å². The van der Waals surface area contributed by atoms with Crippen molar-refractivity contribution in [3.05, 3.63) is 0 Å². The van der Waals surface area contributed by atoms with Crippen LogP contribution in [0.1, 0.15) is 39.5 Å². The highest BCUT2D eigenvalue weighted by Gasteiger charge is 2.17. The molecule has 1 aliphatic rings. The smallest absolute Gasteiger partial charge is 0.223 e. The molecule has 5 nitrogen and oxygen atoms in total. The predicted molar refractivity (Wildman–Crippen MR) is 76.8 cm³/mol. The van der Waals surface area contributed by atoms with Crippen molar-refractivity contribution in [3.63, 3.8) is 0 Å². The second-order valence-electron chi connectivity index (χ2n) is 5.36. The highest BCUT2D eigenvalue weighted by Crippen LogP contribution is 2.09. The van der Waals surface area contributed by atoms with Gasteiger partial charge in [0.25, 0.3) is 0 Å². The van der Waals surface area contributed by atoms with Crippen LogP contribution in [0, 0.1) is 0 Å². The molecule has 0 radical (unpaired) electrons. The molecule has 0 aliphatic carbocycles. The zero-order valence-corrected chi connectivity index (χ0v) is 12.8. The molecule has 1 fully saturated rings. The van der Waals surface area contributed by atoms with Gasteiger partial charge in [-0.2, -0.15) is 0 Å². The monoisotopic (exact) mass is 290 g/mol. The van der Waals surface area contributed by atoms with Gasteiger partial charge in [0.05, 0.1) is 11.0 Å². The third-order valence-electron chi connectivity index (χ3n) is 3.51. The van der Waals surface area contributed by atoms with E-state index in [1.54, 1.807) is 13.8 Å². The van der Waals surface area contributed by atoms with Gasteiger partial charge in [0.1, 0.15) is 0 Å². The number of nitrogens with one attached hydrogen (secondary N) is 1. The zero-order chi connectivity index (χ0) is 14.3. The van der Waals surface area contributed by atoms with Gasteiger partial charge >= 0.3 is 0 Å². The van der Waals surface area contributed by atoms with Gasteiger partial charge in [0, 0.05) is 32.6 Å². The van der Waals surface area contributed by atoms with E-state index in [9.17, 15) is 13.2 Å². The lowest BCUT2D eigenvalue weighted by molar-refractivity contribution is -0.131. The molecule has 0 aromatic carbocycles. The molecule has 1 amide bonds. The van der Waals surface area contributed by atoms with Crippen molar-refractivity contribution in [1.82, 2.24) is 10.2 Å². The third-order valence-corrected chi connectivity index (χ3v) is 5.72. The van der Waals surface area contributed by atoms with Crippen molar-refractivity contribution in [2.24, 2.45) is 0 Å². The Morgan fingerprint density at radius 1 is 1.16 bits per heavy atom. The molecule has 0 saturated carbocycles. The highest BCUT2D eigenvalue weighted by molar-refractivity contribution is 7.92. The maximum atomic E-state index is 11.8. The second-order valence-corrected chi connectivity index (χ2v) is 8.03. The highest BCUT2D eigenvalue weighted by atomic mass is 32.2. The minimum atomic E-state index is -2.98. The Hall–Kier alpha value is -0.620. The summed E-state index contributed by atoms with van der Waals surface area (Å²) in [6, 6.07) is 0. The molecular weight excluding hydrogens is 264 g/mol. The average Bonchev–Trinajstić information content (AvgIpc) is 2.38. The molecule has 0 spiro atoms. The van der Waals surface area contributed by atoms with Crippen LogP contribution in [-0.4, -0.2) is 56.4 Å². The van der Waals surface area contributed by atoms with Gasteiger partial charge in [-0.3, -0.25) is 4.79 Å². The summed E-state index contributed by atoms with van der Waals surface area (Å²) in [6.45, 7) is 6.11. The Bertz CT molecular complexity index is 373. The number of nitrogens with zero attached hydrogens (tertiary/aromatic N) is 1. The number of carbonyl (C=O) groups excluding carboxylic acids is 1. The summed E-state index contributed by atoms with van der Waals surface area (Å²) in [7, 11) is -2.98. The summed E-state index contributed by atoms with van der Waals surface area (Å²) >= 11 is 0. The first-order valence-electron chi connectivity index (χ1n) is 7.13. The van der Waals surface area contributed by atoms with Gasteiger partial charge in [-0.15, -0.1) is 0 Å². The molecule has 0 unspecified atom stereocenters. The fourth-order valence-electron chi connectivity index (χ4n) is 2.07. The number of amides is 1. The summed E-state index contributed by atoms with van der Waals surface area (Å²) in [5.41, 5.74) is 0. The van der Waals surface area contributed by atoms with Crippen LogP contribution in [0.3, 0.4) is 0 Å². The molecule has 6 heteroatoms. The first kappa shape index (κ1) is 16.4. The van der Waals surface area contributed by atoms with Gasteiger partial charge in [0.2, 0.25) is 5.91 Å². The van der Waals surface area contributed by atoms with Gasteiger partial charge in [-0.1, -0.05) is 0 Å². The van der Waals surface area contributed by atoms with E-state index >= 15 is 0 Å². The largest absolute Gasteiger partial charge is 0.343 e. The molecule has 1 aliphatic heterocycles. The molecular formula is C13H26N2O3S. The first-order valence-corrected chi connectivity index (χ1v) is 8.85. The van der Waals surface area contributed by atoms with Crippen molar-refractivity contribution in [2.45, 2.75) is 44.8 Å². The molecule has 1 N–H and O–H groups in total. The molecule has 1 heterocycles. The van der Waals surface area contributed by atoms with Crippen molar-refractivity contribution >= 4 is 15.7 Å². The predicted octanol–water partition coefficient (Wildman–Crippen LogP) is 0.802. The maximum absolute atomic E-state index is 11.8. The van der Waals surface area contributed by atoms with Gasteiger partial charge in [-0.05, 0) is 33.1 Å². The third kappa shape index (κ3) is 5.91. The standard InChI is InChI=1S/C13H26N2O3S/c1-12(2)19(17,18)11-8-14-7-6-13(16)15-9-4-3-5-10-15/h12,14H,3-11H2,1-2H3. The maximum Gasteiger partial charge on any atom is 0.223 e. The number of hydrogen-bond acceptors (Lipinski definition) is 4. The van der Waals surface area contributed by atoms with E-state index in [1.165, 1.54) is 6.42 Å². The summed E-state index contributed by atoms with van der Waals surface area (Å²) in [4.78, 5) is 13.7. The fourth-order valence-corrected chi connectivity index (χ4v) is 2.97. The average molecular weight is 290 g/mol. The number of hydrogen-bond donors (Lipinski definition) is 1. The van der Waals surface area contributed by atoms with Gasteiger partial charge in [0.15, 0.2) is 9.84 Å². The number of rotatable bonds is 7. The van der Waals surface area contributed by atoms with Crippen LogP contribution < -0.4 is 5.32 Å². The van der Waals surface area contributed by atoms with Gasteiger partial charge in [-0.25, -0.2) is 8.42 Å². The lowest BCUT2D eigenvalue weighted by atomic mass is 10.1. The lowest BCUT2D eigenvalue weighted by Crippen LogP contribution is -2.37. The van der Waals surface area contributed by atoms with E-state index in [-0.39, 0.29) is 16.9 Å². The lowest BCUT2D eigenvalue weighted by Gasteiger charge is -2.26. The van der Waals surface area contributed by atoms with Crippen molar-refractivity contribution in [3.8, 4) is 0 Å². The second kappa shape index (κ2) is 7.85. The van der Waals surface area contributed by atoms with Gasteiger partial charge < -0.3 is 10.2 Å². The number of piperidine rings is 1. The molecule has 0 bridgehead atoms. The Balaban J connectivity index is 2.12. The Kier molecular flexibility index (Phi) is 6.79. The van der Waals surface area contributed by atoms with E-state index < -0.39 is 9.84 Å². The van der Waals surface area contributed by atoms with E-state index in [0.717, 1.165) is 25.9 Å². The number of sulfone groups is 1. The Morgan fingerprint density at radius 3 is 2.37 bits per heavy atom. The van der Waals surface area contributed by atoms with Crippen LogP contribution in [0.25, 0.3) is 0 Å². The van der Waals surface area contributed by atoms with Crippen LogP contribution in [0.5, 0.6) is 0 Å². The van der Waals surface area contributed by atoms with Crippen LogP contribution in [0.2, 0.25) is 0 Å². The Morgan fingerprint density at radius 2 is 1.79 bits per heavy atom. The molecule has 1 rings (SSSR count). The molecule has 0 aromatic rings. The molecule has 19 heavy (non-hydrogen) atoms. The van der Waals surface area contributed by atoms with Crippen LogP contribution in [-0.2, 0) is 14.6 Å². The summed E-state index contributed by atoms with van der Waals surface area (Å²) in [5, 5.41) is 2.71. The number of carbonyl (C=O) groups is 1. The van der Waals surface area contributed by atoms with Crippen LogP contribution in [0.4, 0.5) is 0 Å². The van der Waals surface area contributed by atoms with E-state index in [1.807, 2.05) is 4.90 Å². The van der Waals surface area contributed by atoms with E-state index in [0.29, 0.717) is 19.5 Å². The van der Waals surface area contributed by atoms with Crippen LogP contribution >= 0.6 is 0 Å². The first-order chi connectivity index (χ1) is 8.93. The molecule has 0 aromatic heterocycles. The van der Waals surface area contributed by atoms with Crippen molar-refractivity contribution < 1.29 is 13.2 Å². The molecule has 112 valence electrons. The minimum Gasteiger partial charge on any atom is -0.343 e. The van der Waals surface area contributed by atoms with E-state index in [4.69, 9.17) is 0 Å². The summed E-state index contributed by atoms with van der Waals surface area (Å²) in [5.74, 6) is 0.321. The molecule has 1 saturated heterocycles. The Labute approximate surface area is 116 Å². The van der Waals surface area contributed by atoms with Crippen molar-refractivity contribution in [2.75, 3.05) is 31.9 Å². The zero-order valence-electron chi connectivity index (χ0n) is 12.0. The molecule has 0 atom stereocenters. The summed E-state index contributed by atoms with van der Waals surface area (Å²) < 4.78 is 23.1. The summed E-state index contributed by atoms with van der Waals surface area (Å²) in [6.07, 6.45) is 3.88. The normalized spacial score (nSPS) is 16.9. The fraction of sp³-hybridized carbons (Fsp3) is 0.923. The minimum absolute atomic E-state index is 0.141. The number of likely N-dealkylation sites (tertiary alicyclic amines) is 1. The van der Waals surface area contributed by atoms with E-state index in [2.05, 4.69) is 5.32 Å². The quantitative estimate of drug-likeness (QED) is 0.704.